The van der Waals surface area contributed by atoms with Crippen LogP contribution < -0.4 is 10.2 Å². The van der Waals surface area contributed by atoms with Crippen molar-refractivity contribution in [1.82, 2.24) is 35.5 Å². The number of halogens is 1. The van der Waals surface area contributed by atoms with Gasteiger partial charge in [-0.25, -0.2) is 9.37 Å². The van der Waals surface area contributed by atoms with Gasteiger partial charge in [0.2, 0.25) is 0 Å². The average molecular weight is 507 g/mol. The lowest BCUT2D eigenvalue weighted by molar-refractivity contribution is 0.0734. The van der Waals surface area contributed by atoms with Crippen LogP contribution in [0.1, 0.15) is 49.3 Å². The summed E-state index contributed by atoms with van der Waals surface area (Å²) in [4.78, 5) is 25.0. The molecule has 1 aliphatic heterocycles. The number of likely N-dealkylation sites (N-methyl/N-ethyl adjacent to an activating group) is 1. The zero-order valence-electron chi connectivity index (χ0n) is 21.7. The second kappa shape index (κ2) is 9.55. The highest BCUT2D eigenvalue weighted by molar-refractivity contribution is 6.00. The second-order valence-electron chi connectivity index (χ2n) is 10.5. The molecule has 4 heterocycles. The lowest BCUT2D eigenvalue weighted by atomic mass is 9.96. The number of hydrogen-bond donors (Lipinski definition) is 2. The average Bonchev–Trinajstić information content (AvgIpc) is 3.63. The zero-order chi connectivity index (χ0) is 26.3. The van der Waals surface area contributed by atoms with Gasteiger partial charge in [0.25, 0.3) is 0 Å². The fraction of sp³-hybridized carbons (Fsp3) is 0.423. The lowest BCUT2D eigenvalue weighted by Gasteiger charge is -2.18. The van der Waals surface area contributed by atoms with Crippen molar-refractivity contribution < 1.29 is 13.7 Å². The van der Waals surface area contributed by atoms with Crippen LogP contribution in [0.2, 0.25) is 0 Å². The fourth-order valence-corrected chi connectivity index (χ4v) is 4.54. The lowest BCUT2D eigenvalue weighted by Crippen LogP contribution is -2.29. The van der Waals surface area contributed by atoms with E-state index in [-0.39, 0.29) is 17.9 Å². The van der Waals surface area contributed by atoms with Crippen LogP contribution in [0.15, 0.2) is 35.0 Å². The minimum Gasteiger partial charge on any atom is -0.353 e. The fourth-order valence-electron chi connectivity index (χ4n) is 4.54. The highest BCUT2D eigenvalue weighted by Gasteiger charge is 2.27. The van der Waals surface area contributed by atoms with Gasteiger partial charge in [0.15, 0.2) is 17.3 Å². The summed E-state index contributed by atoms with van der Waals surface area (Å²) >= 11 is 0. The van der Waals surface area contributed by atoms with Crippen LogP contribution in [0.5, 0.6) is 0 Å². The summed E-state index contributed by atoms with van der Waals surface area (Å²) < 4.78 is 20.5. The number of benzene rings is 1. The number of pyridine rings is 1. The Balaban J connectivity index is 1.39. The molecule has 10 nitrogen and oxygen atoms in total. The number of amides is 1. The molecule has 1 saturated heterocycles. The molecule has 11 heteroatoms. The van der Waals surface area contributed by atoms with Crippen molar-refractivity contribution in [3.05, 3.63) is 53.6 Å². The smallest absolute Gasteiger partial charge is 0.316 e. The molecular weight excluding hydrogens is 475 g/mol. The topological polar surface area (TPSA) is 116 Å². The number of nitrogens with one attached hydrogen (secondary N) is 2. The van der Waals surface area contributed by atoms with Gasteiger partial charge in [-0.3, -0.25) is 9.89 Å². The van der Waals surface area contributed by atoms with Crippen molar-refractivity contribution >= 4 is 22.8 Å². The van der Waals surface area contributed by atoms with Crippen LogP contribution in [0.3, 0.4) is 0 Å². The molecule has 0 radical (unpaired) electrons. The van der Waals surface area contributed by atoms with Crippen LogP contribution in [-0.2, 0) is 12.0 Å². The summed E-state index contributed by atoms with van der Waals surface area (Å²) in [7, 11) is 3.54. The van der Waals surface area contributed by atoms with E-state index in [0.29, 0.717) is 28.6 Å². The molecular formula is C26H31FN8O2. The van der Waals surface area contributed by atoms with Gasteiger partial charge >= 0.3 is 11.8 Å². The van der Waals surface area contributed by atoms with Crippen molar-refractivity contribution in [2.45, 2.75) is 45.2 Å². The molecule has 1 aliphatic rings. The van der Waals surface area contributed by atoms with Gasteiger partial charge in [-0.15, -0.1) is 0 Å². The predicted octanol–water partition coefficient (Wildman–Crippen LogP) is 3.51. The van der Waals surface area contributed by atoms with Gasteiger partial charge in [0.05, 0.1) is 5.39 Å². The van der Waals surface area contributed by atoms with E-state index < -0.39 is 11.7 Å². The Bertz CT molecular complexity index is 1440. The summed E-state index contributed by atoms with van der Waals surface area (Å²) in [6.07, 6.45) is 2.71. The zero-order valence-corrected chi connectivity index (χ0v) is 21.7. The molecule has 5 rings (SSSR count). The minimum atomic E-state index is -0.462. The van der Waals surface area contributed by atoms with Crippen molar-refractivity contribution in [2.24, 2.45) is 0 Å². The molecule has 1 fully saturated rings. The Morgan fingerprint density at radius 3 is 2.81 bits per heavy atom. The number of carbonyl (C=O) groups excluding carboxylic acids is 1. The van der Waals surface area contributed by atoms with Gasteiger partial charge in [0.1, 0.15) is 5.82 Å². The maximum absolute atomic E-state index is 15.3. The Morgan fingerprint density at radius 2 is 2.14 bits per heavy atom. The Labute approximate surface area is 214 Å². The van der Waals surface area contributed by atoms with Gasteiger partial charge in [-0.2, -0.15) is 10.1 Å². The molecule has 194 valence electrons. The van der Waals surface area contributed by atoms with Crippen molar-refractivity contribution in [3.8, 4) is 11.1 Å². The van der Waals surface area contributed by atoms with Crippen LogP contribution in [-0.4, -0.2) is 69.4 Å². The molecule has 1 amide bonds. The Kier molecular flexibility index (Phi) is 6.40. The molecule has 37 heavy (non-hydrogen) atoms. The summed E-state index contributed by atoms with van der Waals surface area (Å²) in [5, 5.41) is 15.6. The van der Waals surface area contributed by atoms with Crippen LogP contribution in [0.4, 0.5) is 10.2 Å². The molecule has 0 aliphatic carbocycles. The van der Waals surface area contributed by atoms with E-state index in [2.05, 4.69) is 35.5 Å². The molecule has 2 N–H and O–H groups in total. The van der Waals surface area contributed by atoms with Crippen molar-refractivity contribution in [1.29, 1.82) is 0 Å². The van der Waals surface area contributed by atoms with E-state index in [1.165, 1.54) is 11.0 Å². The summed E-state index contributed by atoms with van der Waals surface area (Å²) in [6, 6.07) is 7.31. The molecule has 3 aromatic heterocycles. The van der Waals surface area contributed by atoms with Crippen molar-refractivity contribution in [3.63, 3.8) is 0 Å². The molecule has 4 aromatic rings. The van der Waals surface area contributed by atoms with Crippen molar-refractivity contribution in [2.75, 3.05) is 32.1 Å². The first-order valence-electron chi connectivity index (χ1n) is 12.3. The normalized spacial score (nSPS) is 16.1. The molecule has 0 unspecified atom stereocenters. The second-order valence-corrected chi connectivity index (χ2v) is 10.5. The number of hydrogen-bond acceptors (Lipinski definition) is 8. The molecule has 0 spiro atoms. The first-order valence-corrected chi connectivity index (χ1v) is 12.3. The van der Waals surface area contributed by atoms with E-state index >= 15 is 4.39 Å². The SMILES string of the molecule is CN[C@@H]1CCN(c2n[nH]c3nccc(-c4ccc(CN(C)C(=O)c5nc(C(C)(C)C)no5)c(F)c4)c23)C1. The number of aromatic amines is 1. The molecule has 1 aromatic carbocycles. The van der Waals surface area contributed by atoms with E-state index in [9.17, 15) is 4.79 Å². The highest BCUT2D eigenvalue weighted by Crippen LogP contribution is 2.35. The van der Waals surface area contributed by atoms with E-state index in [0.717, 1.165) is 36.3 Å². The third kappa shape index (κ3) is 4.78. The van der Waals surface area contributed by atoms with Crippen LogP contribution in [0.25, 0.3) is 22.2 Å². The van der Waals surface area contributed by atoms with Crippen LogP contribution in [0, 0.1) is 5.82 Å². The monoisotopic (exact) mass is 506 g/mol. The van der Waals surface area contributed by atoms with Gasteiger partial charge in [-0.05, 0) is 36.7 Å². The number of aromatic nitrogens is 5. The molecule has 0 bridgehead atoms. The minimum absolute atomic E-state index is 0.0556. The quantitative estimate of drug-likeness (QED) is 0.408. The van der Waals surface area contributed by atoms with Crippen LogP contribution >= 0.6 is 0 Å². The highest BCUT2D eigenvalue weighted by atomic mass is 19.1. The predicted molar refractivity (Wildman–Crippen MR) is 138 cm³/mol. The number of anilines is 1. The maximum atomic E-state index is 15.3. The van der Waals surface area contributed by atoms with Gasteiger partial charge in [-0.1, -0.05) is 38.1 Å². The largest absolute Gasteiger partial charge is 0.353 e. The Hall–Kier alpha value is -3.86. The summed E-state index contributed by atoms with van der Waals surface area (Å²) in [6.45, 7) is 7.57. The maximum Gasteiger partial charge on any atom is 0.316 e. The van der Waals surface area contributed by atoms with Gasteiger partial charge in [0, 0.05) is 49.9 Å². The summed E-state index contributed by atoms with van der Waals surface area (Å²) in [5.74, 6) is 0.274. The number of nitrogens with zero attached hydrogens (tertiary/aromatic N) is 6. The number of rotatable bonds is 6. The first-order chi connectivity index (χ1) is 17.7. The third-order valence-electron chi connectivity index (χ3n) is 6.74. The number of H-pyrrole nitrogens is 1. The standard InChI is InChI=1S/C26H31FN8O2/c1-26(2,3)25-30-23(37-33-25)24(36)34(5)13-16-7-6-15(12-19(16)27)18-8-10-29-21-20(18)22(32-31-21)35-11-9-17(14-35)28-4/h6-8,10,12,17,28H,9,11,13-14H2,1-5H3,(H,29,31,32)/t17-/m1/s1. The molecule has 0 saturated carbocycles. The number of fused-ring (bicyclic) bond motifs is 1. The van der Waals surface area contributed by atoms with E-state index in [4.69, 9.17) is 4.52 Å². The van der Waals surface area contributed by atoms with Gasteiger partial charge < -0.3 is 19.6 Å². The van der Waals surface area contributed by atoms with E-state index in [1.54, 1.807) is 19.3 Å². The van der Waals surface area contributed by atoms with E-state index in [1.807, 2.05) is 40.0 Å². The molecule has 1 atom stereocenters. The third-order valence-corrected chi connectivity index (χ3v) is 6.74. The Morgan fingerprint density at radius 1 is 1.32 bits per heavy atom. The number of carbonyl (C=O) groups is 1. The summed E-state index contributed by atoms with van der Waals surface area (Å²) in [5.41, 5.74) is 2.24. The first kappa shape index (κ1) is 24.8.